The van der Waals surface area contributed by atoms with Gasteiger partial charge in [-0.1, -0.05) is 6.07 Å². The van der Waals surface area contributed by atoms with Crippen LogP contribution in [-0.4, -0.2) is 23.9 Å². The Hall–Kier alpha value is -1.91. The lowest BCUT2D eigenvalue weighted by molar-refractivity contribution is -0.133. The molecule has 0 aromatic heterocycles. The molecule has 0 aliphatic carbocycles. The van der Waals surface area contributed by atoms with Gasteiger partial charge in [-0.3, -0.25) is 14.5 Å². The summed E-state index contributed by atoms with van der Waals surface area (Å²) in [5.74, 6) is -0.898. The number of hydrogen-bond acceptors (Lipinski definition) is 2. The Morgan fingerprint density at radius 3 is 2.65 bits per heavy atom. The molecule has 1 aromatic carbocycles. The van der Waals surface area contributed by atoms with Gasteiger partial charge in [-0.05, 0) is 32.0 Å². The third kappa shape index (κ3) is 2.00. The van der Waals surface area contributed by atoms with E-state index < -0.39 is 17.9 Å². The molecule has 0 spiro atoms. The minimum absolute atomic E-state index is 0.234. The van der Waals surface area contributed by atoms with Crippen molar-refractivity contribution in [2.24, 2.45) is 0 Å². The maximum Gasteiger partial charge on any atom is 0.250 e. The maximum atomic E-state index is 13.1. The normalized spacial score (nSPS) is 24.8. The fraction of sp³-hybridized carbons (Fsp3) is 0.333. The molecule has 90 valence electrons. The number of carbonyl (C=O) groups is 2. The second kappa shape index (κ2) is 4.16. The van der Waals surface area contributed by atoms with Gasteiger partial charge in [0.05, 0.1) is 0 Å². The van der Waals surface area contributed by atoms with E-state index in [1.54, 1.807) is 19.9 Å². The first-order valence-corrected chi connectivity index (χ1v) is 5.39. The lowest BCUT2D eigenvalue weighted by Crippen LogP contribution is -2.61. The van der Waals surface area contributed by atoms with Gasteiger partial charge < -0.3 is 5.32 Å². The molecule has 1 heterocycles. The van der Waals surface area contributed by atoms with Crippen LogP contribution in [0.15, 0.2) is 24.3 Å². The third-order valence-electron chi connectivity index (χ3n) is 2.82. The van der Waals surface area contributed by atoms with Crippen LogP contribution in [0, 0.1) is 5.82 Å². The standard InChI is InChI=1S/C12H13FN2O2/c1-7-12(17)15(8(2)11(16)14-7)10-5-3-4-9(13)6-10/h3-8H,1-2H3,(H,14,16). The lowest BCUT2D eigenvalue weighted by Gasteiger charge is -2.36. The summed E-state index contributed by atoms with van der Waals surface area (Å²) in [6.07, 6.45) is 0. The lowest BCUT2D eigenvalue weighted by atomic mass is 10.1. The number of benzene rings is 1. The van der Waals surface area contributed by atoms with Crippen molar-refractivity contribution in [2.75, 3.05) is 4.90 Å². The monoisotopic (exact) mass is 236 g/mol. The number of nitrogens with zero attached hydrogens (tertiary/aromatic N) is 1. The molecular formula is C12H13FN2O2. The zero-order valence-corrected chi connectivity index (χ0v) is 9.61. The summed E-state index contributed by atoms with van der Waals surface area (Å²) in [4.78, 5) is 24.9. The van der Waals surface area contributed by atoms with Gasteiger partial charge in [0.15, 0.2) is 0 Å². The first-order chi connectivity index (χ1) is 8.00. The number of nitrogens with one attached hydrogen (secondary N) is 1. The Bertz CT molecular complexity index is 475. The van der Waals surface area contributed by atoms with Crippen LogP contribution in [-0.2, 0) is 9.59 Å². The number of amides is 2. The zero-order chi connectivity index (χ0) is 12.6. The molecule has 2 rings (SSSR count). The van der Waals surface area contributed by atoms with Crippen LogP contribution in [0.5, 0.6) is 0 Å². The highest BCUT2D eigenvalue weighted by Gasteiger charge is 2.36. The Morgan fingerprint density at radius 1 is 1.29 bits per heavy atom. The van der Waals surface area contributed by atoms with Crippen LogP contribution in [0.25, 0.3) is 0 Å². The molecule has 4 nitrogen and oxygen atoms in total. The summed E-state index contributed by atoms with van der Waals surface area (Å²) in [7, 11) is 0. The average molecular weight is 236 g/mol. The summed E-state index contributed by atoms with van der Waals surface area (Å²) >= 11 is 0. The number of hydrogen-bond donors (Lipinski definition) is 1. The van der Waals surface area contributed by atoms with E-state index in [0.717, 1.165) is 0 Å². The largest absolute Gasteiger partial charge is 0.343 e. The molecule has 0 saturated carbocycles. The highest BCUT2D eigenvalue weighted by atomic mass is 19.1. The minimum atomic E-state index is -0.625. The SMILES string of the molecule is CC1NC(=O)C(C)N(c2cccc(F)c2)C1=O. The van der Waals surface area contributed by atoms with Crippen molar-refractivity contribution < 1.29 is 14.0 Å². The van der Waals surface area contributed by atoms with Gasteiger partial charge in [0.1, 0.15) is 17.9 Å². The fourth-order valence-electron chi connectivity index (χ4n) is 1.89. The van der Waals surface area contributed by atoms with Crippen molar-refractivity contribution >= 4 is 17.5 Å². The number of halogens is 1. The van der Waals surface area contributed by atoms with Gasteiger partial charge in [0.2, 0.25) is 11.8 Å². The molecule has 2 amide bonds. The minimum Gasteiger partial charge on any atom is -0.343 e. The van der Waals surface area contributed by atoms with Gasteiger partial charge in [-0.2, -0.15) is 0 Å². The van der Waals surface area contributed by atoms with Crippen LogP contribution >= 0.6 is 0 Å². The van der Waals surface area contributed by atoms with E-state index >= 15 is 0 Å². The highest BCUT2D eigenvalue weighted by Crippen LogP contribution is 2.21. The van der Waals surface area contributed by atoms with Crippen molar-refractivity contribution in [3.05, 3.63) is 30.1 Å². The summed E-state index contributed by atoms with van der Waals surface area (Å²) in [5.41, 5.74) is 0.407. The first-order valence-electron chi connectivity index (χ1n) is 5.39. The molecule has 1 aliphatic heterocycles. The Labute approximate surface area is 98.4 Å². The molecule has 1 saturated heterocycles. The molecule has 5 heteroatoms. The van der Waals surface area contributed by atoms with Gasteiger partial charge >= 0.3 is 0 Å². The second-order valence-electron chi connectivity index (χ2n) is 4.09. The van der Waals surface area contributed by atoms with E-state index in [1.165, 1.54) is 23.1 Å². The van der Waals surface area contributed by atoms with Gasteiger partial charge in [0, 0.05) is 5.69 Å². The van der Waals surface area contributed by atoms with Crippen molar-refractivity contribution in [1.82, 2.24) is 5.32 Å². The van der Waals surface area contributed by atoms with Crippen LogP contribution in [0.3, 0.4) is 0 Å². The van der Waals surface area contributed by atoms with E-state index in [4.69, 9.17) is 0 Å². The molecule has 0 bridgehead atoms. The fourth-order valence-corrected chi connectivity index (χ4v) is 1.89. The molecule has 17 heavy (non-hydrogen) atoms. The number of rotatable bonds is 1. The Morgan fingerprint density at radius 2 is 2.00 bits per heavy atom. The maximum absolute atomic E-state index is 13.1. The third-order valence-corrected chi connectivity index (χ3v) is 2.82. The van der Waals surface area contributed by atoms with Crippen LogP contribution in [0.4, 0.5) is 10.1 Å². The topological polar surface area (TPSA) is 49.4 Å². The molecule has 2 atom stereocenters. The number of piperazine rings is 1. The molecule has 0 radical (unpaired) electrons. The number of anilines is 1. The Kier molecular flexibility index (Phi) is 2.83. The molecule has 2 unspecified atom stereocenters. The zero-order valence-electron chi connectivity index (χ0n) is 9.61. The van der Waals surface area contributed by atoms with E-state index in [1.807, 2.05) is 0 Å². The second-order valence-corrected chi connectivity index (χ2v) is 4.09. The summed E-state index contributed by atoms with van der Waals surface area (Å²) in [5, 5.41) is 2.57. The summed E-state index contributed by atoms with van der Waals surface area (Å²) in [6.45, 7) is 3.22. The summed E-state index contributed by atoms with van der Waals surface area (Å²) < 4.78 is 13.1. The van der Waals surface area contributed by atoms with Crippen molar-refractivity contribution in [1.29, 1.82) is 0 Å². The van der Waals surface area contributed by atoms with E-state index in [0.29, 0.717) is 5.69 Å². The highest BCUT2D eigenvalue weighted by molar-refractivity contribution is 6.07. The smallest absolute Gasteiger partial charge is 0.250 e. The van der Waals surface area contributed by atoms with Crippen molar-refractivity contribution in [3.8, 4) is 0 Å². The van der Waals surface area contributed by atoms with Gasteiger partial charge in [-0.25, -0.2) is 4.39 Å². The van der Waals surface area contributed by atoms with E-state index in [-0.39, 0.29) is 11.8 Å². The van der Waals surface area contributed by atoms with Crippen molar-refractivity contribution in [2.45, 2.75) is 25.9 Å². The predicted molar refractivity (Wildman–Crippen MR) is 61.0 cm³/mol. The molecule has 1 aromatic rings. The Balaban J connectivity index is 2.41. The molecule has 1 fully saturated rings. The van der Waals surface area contributed by atoms with Crippen molar-refractivity contribution in [3.63, 3.8) is 0 Å². The molecular weight excluding hydrogens is 223 g/mol. The predicted octanol–water partition coefficient (Wildman–Crippen LogP) is 1.07. The van der Waals surface area contributed by atoms with E-state index in [9.17, 15) is 14.0 Å². The van der Waals surface area contributed by atoms with E-state index in [2.05, 4.69) is 5.32 Å². The summed E-state index contributed by atoms with van der Waals surface area (Å²) in [6, 6.07) is 4.47. The number of carbonyl (C=O) groups excluding carboxylic acids is 2. The molecule has 1 N–H and O–H groups in total. The van der Waals surface area contributed by atoms with Crippen LogP contribution < -0.4 is 10.2 Å². The van der Waals surface area contributed by atoms with Gasteiger partial charge in [0.25, 0.3) is 0 Å². The quantitative estimate of drug-likeness (QED) is 0.792. The average Bonchev–Trinajstić information content (AvgIpc) is 2.27. The molecule has 1 aliphatic rings. The van der Waals surface area contributed by atoms with Gasteiger partial charge in [-0.15, -0.1) is 0 Å². The van der Waals surface area contributed by atoms with Crippen LogP contribution in [0.2, 0.25) is 0 Å². The van der Waals surface area contributed by atoms with Crippen LogP contribution in [0.1, 0.15) is 13.8 Å². The first kappa shape index (κ1) is 11.6.